The predicted octanol–water partition coefficient (Wildman–Crippen LogP) is 6.91. The highest BCUT2D eigenvalue weighted by Crippen LogP contribution is 2.14. The third-order valence-corrected chi connectivity index (χ3v) is 7.41. The maximum Gasteiger partial charge on any atom is 0.251 e. The van der Waals surface area contributed by atoms with E-state index in [0.717, 1.165) is 44.9 Å². The first-order chi connectivity index (χ1) is 19.9. The van der Waals surface area contributed by atoms with E-state index in [1.165, 1.54) is 77.0 Å². The Labute approximate surface area is 250 Å². The Morgan fingerprint density at radius 2 is 1.10 bits per heavy atom. The summed E-state index contributed by atoms with van der Waals surface area (Å²) in [4.78, 5) is 35.7. The first kappa shape index (κ1) is 38.6. The van der Waals surface area contributed by atoms with Gasteiger partial charge in [-0.2, -0.15) is 0 Å². The minimum absolute atomic E-state index is 0.0825. The van der Waals surface area contributed by atoms with Gasteiger partial charge in [-0.3, -0.25) is 15.0 Å². The highest BCUT2D eigenvalue weighted by molar-refractivity contribution is 5.87. The zero-order chi connectivity index (χ0) is 30.4. The molecule has 0 aromatic rings. The van der Waals surface area contributed by atoms with E-state index in [1.807, 2.05) is 0 Å². The van der Waals surface area contributed by atoms with Crippen LogP contribution in [0.1, 0.15) is 162 Å². The van der Waals surface area contributed by atoms with Crippen molar-refractivity contribution in [3.8, 4) is 0 Å². The highest BCUT2D eigenvalue weighted by Gasteiger charge is 2.20. The normalized spacial score (nSPS) is 11.6. The molecule has 41 heavy (non-hydrogen) atoms. The quantitative estimate of drug-likeness (QED) is 0.0213. The van der Waals surface area contributed by atoms with Crippen LogP contribution in [0, 0.1) is 15.5 Å². The second-order valence-corrected chi connectivity index (χ2v) is 11.3. The summed E-state index contributed by atoms with van der Waals surface area (Å²) in [6.45, 7) is 5.39. The molecule has 0 bridgehead atoms. The van der Waals surface area contributed by atoms with Gasteiger partial charge in [0.2, 0.25) is 11.8 Å². The summed E-state index contributed by atoms with van der Waals surface area (Å²) in [5, 5.41) is 25.5. The van der Waals surface area contributed by atoms with Gasteiger partial charge in [0.15, 0.2) is 5.03 Å². The van der Waals surface area contributed by atoms with Crippen molar-refractivity contribution in [1.82, 2.24) is 21.4 Å². The summed E-state index contributed by atoms with van der Waals surface area (Å²) >= 11 is 0. The molecule has 0 aromatic heterocycles. The van der Waals surface area contributed by atoms with Crippen LogP contribution in [0.2, 0.25) is 0 Å². The second kappa shape index (κ2) is 29.1. The Bertz CT molecular complexity index is 677. The van der Waals surface area contributed by atoms with Gasteiger partial charge in [-0.15, -0.1) is 0 Å². The van der Waals surface area contributed by atoms with Gasteiger partial charge in [-0.25, -0.2) is 10.1 Å². The molecule has 0 saturated heterocycles. The van der Waals surface area contributed by atoms with Crippen molar-refractivity contribution in [2.45, 2.75) is 168 Å². The van der Waals surface area contributed by atoms with E-state index in [4.69, 9.17) is 5.41 Å². The summed E-state index contributed by atoms with van der Waals surface area (Å²) in [6, 6.07) is -0.582. The summed E-state index contributed by atoms with van der Waals surface area (Å²) < 4.78 is 0. The average molecular weight is 583 g/mol. The molecular formula is C31H62N6O4. The smallest absolute Gasteiger partial charge is 0.251 e. The van der Waals surface area contributed by atoms with E-state index in [9.17, 15) is 19.7 Å². The van der Waals surface area contributed by atoms with Gasteiger partial charge < -0.3 is 16.0 Å². The molecule has 1 atom stereocenters. The fraction of sp³-hybridized carbons (Fsp3) is 0.903. The molecule has 0 radical (unpaired) electrons. The number of carbonyl (C=O) groups excluding carboxylic acids is 2. The zero-order valence-electron chi connectivity index (χ0n) is 26.3. The van der Waals surface area contributed by atoms with Crippen LogP contribution in [-0.2, 0) is 9.59 Å². The standard InChI is InChI=1S/C31H62N6O4/c1-3-5-7-9-10-11-12-13-14-15-16-17-18-19-20-25-29(38)35-28(30(39)33-26-22-8-6-4-2)24-21-23-27-34-31(32)36-37(40)41/h28H,3-27H2,1-2H3,(H,33,39)(H,35,38)(H3,32,34,36). The summed E-state index contributed by atoms with van der Waals surface area (Å²) in [5.41, 5.74) is 1.75. The number of unbranched alkanes of at least 4 members (excludes halogenated alkanes) is 18. The summed E-state index contributed by atoms with van der Waals surface area (Å²) in [6.07, 6.45) is 25.7. The molecule has 0 aliphatic rings. The molecule has 10 nitrogen and oxygen atoms in total. The molecule has 0 heterocycles. The number of guanidine groups is 1. The number of hydrazine groups is 1. The lowest BCUT2D eigenvalue weighted by atomic mass is 10.0. The van der Waals surface area contributed by atoms with Crippen LogP contribution < -0.4 is 21.4 Å². The number of carbonyl (C=O) groups is 2. The van der Waals surface area contributed by atoms with Crippen LogP contribution in [0.15, 0.2) is 0 Å². The number of amides is 2. The number of hydrogen-bond donors (Lipinski definition) is 5. The lowest BCUT2D eigenvalue weighted by molar-refractivity contribution is -0.525. The van der Waals surface area contributed by atoms with Gasteiger partial charge in [0, 0.05) is 19.5 Å². The molecular weight excluding hydrogens is 520 g/mol. The van der Waals surface area contributed by atoms with E-state index < -0.39 is 11.1 Å². The van der Waals surface area contributed by atoms with Crippen LogP contribution in [0.3, 0.4) is 0 Å². The van der Waals surface area contributed by atoms with Gasteiger partial charge in [-0.1, -0.05) is 128 Å². The summed E-state index contributed by atoms with van der Waals surface area (Å²) in [5.74, 6) is -0.601. The Morgan fingerprint density at radius 1 is 0.659 bits per heavy atom. The van der Waals surface area contributed by atoms with Crippen LogP contribution in [0.25, 0.3) is 0 Å². The molecule has 0 aromatic carbocycles. The van der Waals surface area contributed by atoms with Gasteiger partial charge in [-0.05, 0) is 32.1 Å². The molecule has 0 saturated carbocycles. The van der Waals surface area contributed by atoms with Gasteiger partial charge >= 0.3 is 0 Å². The van der Waals surface area contributed by atoms with Crippen molar-refractivity contribution in [1.29, 1.82) is 5.41 Å². The first-order valence-corrected chi connectivity index (χ1v) is 16.7. The monoisotopic (exact) mass is 582 g/mol. The molecule has 2 amide bonds. The number of nitrogens with zero attached hydrogens (tertiary/aromatic N) is 1. The SMILES string of the molecule is CCCCCCCCCCCCCCCCCC(=O)NC(CCCCNC(=N)N[N+](=O)[O-])C(=O)NCCCCCC. The Balaban J connectivity index is 4.09. The summed E-state index contributed by atoms with van der Waals surface area (Å²) in [7, 11) is 0. The van der Waals surface area contributed by atoms with Crippen LogP contribution in [0.5, 0.6) is 0 Å². The molecule has 5 N–H and O–H groups in total. The lowest BCUT2D eigenvalue weighted by Gasteiger charge is -2.19. The number of rotatable bonds is 29. The number of hydrogen-bond acceptors (Lipinski definition) is 5. The van der Waals surface area contributed by atoms with E-state index in [1.54, 1.807) is 5.43 Å². The maximum atomic E-state index is 12.8. The Kier molecular flexibility index (Phi) is 27.4. The fourth-order valence-electron chi connectivity index (χ4n) is 4.90. The largest absolute Gasteiger partial charge is 0.354 e. The van der Waals surface area contributed by atoms with Gasteiger partial charge in [0.1, 0.15) is 6.04 Å². The first-order valence-electron chi connectivity index (χ1n) is 16.7. The third kappa shape index (κ3) is 27.5. The van der Waals surface area contributed by atoms with Gasteiger partial charge in [0.25, 0.3) is 5.96 Å². The van der Waals surface area contributed by atoms with Crippen LogP contribution in [-0.4, -0.2) is 41.9 Å². The van der Waals surface area contributed by atoms with E-state index >= 15 is 0 Å². The molecule has 0 spiro atoms. The minimum Gasteiger partial charge on any atom is -0.354 e. The fourth-order valence-corrected chi connectivity index (χ4v) is 4.90. The topological polar surface area (TPSA) is 149 Å². The molecule has 10 heteroatoms. The van der Waals surface area contributed by atoms with Crippen molar-refractivity contribution >= 4 is 17.8 Å². The Morgan fingerprint density at radius 3 is 1.61 bits per heavy atom. The van der Waals surface area contributed by atoms with E-state index in [-0.39, 0.29) is 17.8 Å². The number of nitrogens with one attached hydrogen (secondary N) is 5. The van der Waals surface area contributed by atoms with Crippen molar-refractivity contribution in [3.05, 3.63) is 10.1 Å². The van der Waals surface area contributed by atoms with Crippen molar-refractivity contribution in [2.75, 3.05) is 13.1 Å². The van der Waals surface area contributed by atoms with Crippen LogP contribution >= 0.6 is 0 Å². The zero-order valence-corrected chi connectivity index (χ0v) is 26.3. The molecule has 0 aliphatic carbocycles. The van der Waals surface area contributed by atoms with E-state index in [0.29, 0.717) is 38.8 Å². The van der Waals surface area contributed by atoms with Crippen molar-refractivity contribution in [3.63, 3.8) is 0 Å². The second-order valence-electron chi connectivity index (χ2n) is 11.3. The predicted molar refractivity (Wildman–Crippen MR) is 168 cm³/mol. The number of nitro groups is 1. The van der Waals surface area contributed by atoms with Gasteiger partial charge in [0.05, 0.1) is 0 Å². The van der Waals surface area contributed by atoms with E-state index in [2.05, 4.69) is 29.8 Å². The molecule has 0 aliphatic heterocycles. The highest BCUT2D eigenvalue weighted by atomic mass is 16.7. The third-order valence-electron chi connectivity index (χ3n) is 7.41. The average Bonchev–Trinajstić information content (AvgIpc) is 2.93. The Hall–Kier alpha value is -2.39. The van der Waals surface area contributed by atoms with Crippen molar-refractivity contribution < 1.29 is 14.6 Å². The maximum absolute atomic E-state index is 12.8. The molecule has 0 rings (SSSR count). The van der Waals surface area contributed by atoms with Crippen LogP contribution in [0.4, 0.5) is 0 Å². The lowest BCUT2D eigenvalue weighted by Crippen LogP contribution is -2.47. The van der Waals surface area contributed by atoms with Crippen molar-refractivity contribution in [2.24, 2.45) is 0 Å². The molecule has 0 fully saturated rings. The molecule has 240 valence electrons. The molecule has 1 unspecified atom stereocenters. The minimum atomic E-state index is -0.787.